The summed E-state index contributed by atoms with van der Waals surface area (Å²) in [4.78, 5) is 11.8. The molecule has 0 saturated carbocycles. The highest BCUT2D eigenvalue weighted by atomic mass is 32.1. The fraction of sp³-hybridized carbons (Fsp3) is 0.333. The van der Waals surface area contributed by atoms with E-state index in [2.05, 4.69) is 61.4 Å². The van der Waals surface area contributed by atoms with Gasteiger partial charge >= 0.3 is 0 Å². The first-order valence-electron chi connectivity index (χ1n) is 7.73. The van der Waals surface area contributed by atoms with Gasteiger partial charge in [-0.25, -0.2) is 9.97 Å². The zero-order chi connectivity index (χ0) is 15.5. The highest BCUT2D eigenvalue weighted by molar-refractivity contribution is 7.18. The van der Waals surface area contributed by atoms with Gasteiger partial charge in [0.25, 0.3) is 0 Å². The summed E-state index contributed by atoms with van der Waals surface area (Å²) in [6, 6.07) is 10.5. The number of hydrogen-bond donors (Lipinski definition) is 1. The van der Waals surface area contributed by atoms with Crippen molar-refractivity contribution < 1.29 is 0 Å². The molecule has 22 heavy (non-hydrogen) atoms. The van der Waals surface area contributed by atoms with Gasteiger partial charge in [-0.1, -0.05) is 37.3 Å². The van der Waals surface area contributed by atoms with Gasteiger partial charge in [0, 0.05) is 17.8 Å². The first kappa shape index (κ1) is 15.0. The minimum Gasteiger partial charge on any atom is -0.369 e. The van der Waals surface area contributed by atoms with Crippen LogP contribution in [0.2, 0.25) is 0 Å². The van der Waals surface area contributed by atoms with E-state index in [4.69, 9.17) is 4.98 Å². The molecule has 114 valence electrons. The average Bonchev–Trinajstić information content (AvgIpc) is 2.83. The molecule has 1 N–H and O–H groups in total. The topological polar surface area (TPSA) is 37.8 Å². The van der Waals surface area contributed by atoms with Crippen LogP contribution in [0.15, 0.2) is 30.3 Å². The second-order valence-corrected chi connectivity index (χ2v) is 6.67. The van der Waals surface area contributed by atoms with E-state index >= 15 is 0 Å². The maximum Gasteiger partial charge on any atom is 0.138 e. The van der Waals surface area contributed by atoms with Gasteiger partial charge in [-0.15, -0.1) is 11.3 Å². The van der Waals surface area contributed by atoms with E-state index in [1.165, 1.54) is 21.4 Å². The van der Waals surface area contributed by atoms with Crippen molar-refractivity contribution in [3.05, 3.63) is 52.2 Å². The van der Waals surface area contributed by atoms with Gasteiger partial charge < -0.3 is 5.32 Å². The van der Waals surface area contributed by atoms with Crippen LogP contribution < -0.4 is 5.32 Å². The van der Waals surface area contributed by atoms with Crippen molar-refractivity contribution in [2.45, 2.75) is 33.6 Å². The van der Waals surface area contributed by atoms with Crippen LogP contribution in [0.1, 0.15) is 28.8 Å². The third-order valence-electron chi connectivity index (χ3n) is 3.94. The quantitative estimate of drug-likeness (QED) is 0.752. The highest BCUT2D eigenvalue weighted by Gasteiger charge is 2.13. The monoisotopic (exact) mass is 311 g/mol. The molecule has 0 unspecified atom stereocenters. The molecule has 3 nitrogen and oxygen atoms in total. The standard InChI is InChI=1S/C18H21N3S/c1-4-15-20-17(16-12(2)13(3)22-18(16)21-15)19-11-10-14-8-6-5-7-9-14/h5-9H,4,10-11H2,1-3H3,(H,19,20,21). The predicted molar refractivity (Wildman–Crippen MR) is 94.9 cm³/mol. The number of thiophene rings is 1. The van der Waals surface area contributed by atoms with E-state index in [1.807, 2.05) is 0 Å². The number of fused-ring (bicyclic) bond motifs is 1. The van der Waals surface area contributed by atoms with Crippen LogP contribution in [0.5, 0.6) is 0 Å². The van der Waals surface area contributed by atoms with Crippen molar-refractivity contribution in [3.8, 4) is 0 Å². The summed E-state index contributed by atoms with van der Waals surface area (Å²) >= 11 is 1.76. The second kappa shape index (κ2) is 6.44. The molecule has 0 atom stereocenters. The summed E-state index contributed by atoms with van der Waals surface area (Å²) in [5, 5.41) is 4.71. The summed E-state index contributed by atoms with van der Waals surface area (Å²) in [6.07, 6.45) is 1.86. The Kier molecular flexibility index (Phi) is 4.39. The molecular weight excluding hydrogens is 290 g/mol. The fourth-order valence-corrected chi connectivity index (χ4v) is 3.60. The summed E-state index contributed by atoms with van der Waals surface area (Å²) < 4.78 is 0. The highest BCUT2D eigenvalue weighted by Crippen LogP contribution is 2.33. The lowest BCUT2D eigenvalue weighted by atomic mass is 10.1. The van der Waals surface area contributed by atoms with Crippen LogP contribution >= 0.6 is 11.3 Å². The molecule has 0 bridgehead atoms. The molecule has 0 aliphatic rings. The number of anilines is 1. The lowest BCUT2D eigenvalue weighted by molar-refractivity contribution is 0.946. The minimum atomic E-state index is 0.860. The first-order chi connectivity index (χ1) is 10.7. The van der Waals surface area contributed by atoms with Gasteiger partial charge in [0.05, 0.1) is 5.39 Å². The molecule has 4 heteroatoms. The maximum absolute atomic E-state index is 4.71. The van der Waals surface area contributed by atoms with Crippen molar-refractivity contribution in [1.29, 1.82) is 0 Å². The zero-order valence-corrected chi connectivity index (χ0v) is 14.1. The SMILES string of the molecule is CCc1nc(NCCc2ccccc2)c2c(C)c(C)sc2n1. The van der Waals surface area contributed by atoms with Crippen LogP contribution in [0, 0.1) is 13.8 Å². The van der Waals surface area contributed by atoms with E-state index in [0.29, 0.717) is 0 Å². The van der Waals surface area contributed by atoms with Crippen molar-refractivity contribution in [3.63, 3.8) is 0 Å². The Labute approximate surface area is 135 Å². The number of nitrogens with one attached hydrogen (secondary N) is 1. The molecular formula is C18H21N3S. The van der Waals surface area contributed by atoms with Gasteiger partial charge in [0.2, 0.25) is 0 Å². The molecule has 3 rings (SSSR count). The molecule has 0 aliphatic heterocycles. The lowest BCUT2D eigenvalue weighted by Gasteiger charge is -2.09. The Morgan fingerprint density at radius 3 is 2.59 bits per heavy atom. The number of hydrogen-bond acceptors (Lipinski definition) is 4. The number of nitrogens with zero attached hydrogens (tertiary/aromatic N) is 2. The maximum atomic E-state index is 4.71. The van der Waals surface area contributed by atoms with Crippen molar-refractivity contribution >= 4 is 27.4 Å². The van der Waals surface area contributed by atoms with Crippen LogP contribution in [0.25, 0.3) is 10.2 Å². The van der Waals surface area contributed by atoms with Gasteiger partial charge in [0.15, 0.2) is 0 Å². The molecule has 3 aromatic rings. The fourth-order valence-electron chi connectivity index (χ4n) is 2.55. The zero-order valence-electron chi connectivity index (χ0n) is 13.3. The number of aromatic nitrogens is 2. The predicted octanol–water partition coefficient (Wildman–Crippen LogP) is 4.53. The van der Waals surface area contributed by atoms with E-state index in [9.17, 15) is 0 Å². The molecule has 2 heterocycles. The first-order valence-corrected chi connectivity index (χ1v) is 8.55. The Morgan fingerprint density at radius 2 is 1.86 bits per heavy atom. The lowest BCUT2D eigenvalue weighted by Crippen LogP contribution is -2.08. The van der Waals surface area contributed by atoms with Gasteiger partial charge in [0.1, 0.15) is 16.5 Å². The van der Waals surface area contributed by atoms with Crippen molar-refractivity contribution in [2.75, 3.05) is 11.9 Å². The second-order valence-electron chi connectivity index (χ2n) is 5.47. The van der Waals surface area contributed by atoms with Gasteiger partial charge in [-0.05, 0) is 31.4 Å². The van der Waals surface area contributed by atoms with Crippen LogP contribution in [0.3, 0.4) is 0 Å². The van der Waals surface area contributed by atoms with E-state index in [0.717, 1.165) is 35.9 Å². The van der Waals surface area contributed by atoms with E-state index < -0.39 is 0 Å². The van der Waals surface area contributed by atoms with Crippen LogP contribution in [0.4, 0.5) is 5.82 Å². The summed E-state index contributed by atoms with van der Waals surface area (Å²) in [6.45, 7) is 7.29. The molecule has 1 aromatic carbocycles. The normalized spacial score (nSPS) is 11.0. The number of rotatable bonds is 5. The Hall–Kier alpha value is -1.94. The summed E-state index contributed by atoms with van der Waals surface area (Å²) in [7, 11) is 0. The summed E-state index contributed by atoms with van der Waals surface area (Å²) in [5.74, 6) is 1.90. The van der Waals surface area contributed by atoms with E-state index in [1.54, 1.807) is 11.3 Å². The Morgan fingerprint density at radius 1 is 1.09 bits per heavy atom. The molecule has 0 fully saturated rings. The number of benzene rings is 1. The van der Waals surface area contributed by atoms with Crippen molar-refractivity contribution in [2.24, 2.45) is 0 Å². The molecule has 0 saturated heterocycles. The van der Waals surface area contributed by atoms with Crippen LogP contribution in [-0.4, -0.2) is 16.5 Å². The third kappa shape index (κ3) is 2.97. The average molecular weight is 311 g/mol. The van der Waals surface area contributed by atoms with Crippen molar-refractivity contribution in [1.82, 2.24) is 9.97 Å². The molecule has 0 radical (unpaired) electrons. The molecule has 0 aliphatic carbocycles. The third-order valence-corrected chi connectivity index (χ3v) is 5.04. The smallest absolute Gasteiger partial charge is 0.138 e. The van der Waals surface area contributed by atoms with Gasteiger partial charge in [-0.3, -0.25) is 0 Å². The molecule has 0 spiro atoms. The Balaban J connectivity index is 1.85. The Bertz CT molecular complexity index is 778. The number of aryl methyl sites for hydroxylation is 3. The molecule has 2 aromatic heterocycles. The largest absolute Gasteiger partial charge is 0.369 e. The minimum absolute atomic E-state index is 0.860. The molecule has 0 amide bonds. The summed E-state index contributed by atoms with van der Waals surface area (Å²) in [5.41, 5.74) is 2.64. The van der Waals surface area contributed by atoms with E-state index in [-0.39, 0.29) is 0 Å². The van der Waals surface area contributed by atoms with Gasteiger partial charge in [-0.2, -0.15) is 0 Å². The van der Waals surface area contributed by atoms with Crippen LogP contribution in [-0.2, 0) is 12.8 Å².